The summed E-state index contributed by atoms with van der Waals surface area (Å²) in [7, 11) is 1.69. The standard InChI is InChI=1S/C13H21N3O3/c1-8(2)5-10(13(18)19)7-14-12(17)11-6-9(3)15-16(11)4/h6,8,10H,5,7H2,1-4H3,(H,14,17)(H,18,19). The van der Waals surface area contributed by atoms with Crippen molar-refractivity contribution < 1.29 is 14.7 Å². The molecule has 106 valence electrons. The monoisotopic (exact) mass is 267 g/mol. The molecule has 1 amide bonds. The maximum atomic E-state index is 11.9. The van der Waals surface area contributed by atoms with Gasteiger partial charge in [0.05, 0.1) is 11.6 Å². The van der Waals surface area contributed by atoms with Crippen LogP contribution in [0.5, 0.6) is 0 Å². The first-order valence-electron chi connectivity index (χ1n) is 6.33. The maximum absolute atomic E-state index is 11.9. The first-order valence-corrected chi connectivity index (χ1v) is 6.33. The summed E-state index contributed by atoms with van der Waals surface area (Å²) in [6, 6.07) is 1.67. The predicted molar refractivity (Wildman–Crippen MR) is 70.9 cm³/mol. The van der Waals surface area contributed by atoms with Crippen molar-refractivity contribution in [3.05, 3.63) is 17.5 Å². The fraction of sp³-hybridized carbons (Fsp3) is 0.615. The smallest absolute Gasteiger partial charge is 0.308 e. The Morgan fingerprint density at radius 2 is 2.11 bits per heavy atom. The van der Waals surface area contributed by atoms with Crippen LogP contribution in [0, 0.1) is 18.8 Å². The summed E-state index contributed by atoms with van der Waals surface area (Å²) >= 11 is 0. The molecular weight excluding hydrogens is 246 g/mol. The summed E-state index contributed by atoms with van der Waals surface area (Å²) in [5, 5.41) is 15.8. The molecule has 0 aliphatic carbocycles. The Balaban J connectivity index is 2.62. The lowest BCUT2D eigenvalue weighted by Crippen LogP contribution is -2.34. The predicted octanol–water partition coefficient (Wildman–Crippen LogP) is 1.21. The van der Waals surface area contributed by atoms with E-state index in [1.165, 1.54) is 4.68 Å². The van der Waals surface area contributed by atoms with Gasteiger partial charge in [0, 0.05) is 13.6 Å². The van der Waals surface area contributed by atoms with Gasteiger partial charge < -0.3 is 10.4 Å². The third-order valence-electron chi connectivity index (χ3n) is 2.85. The summed E-state index contributed by atoms with van der Waals surface area (Å²) in [6.07, 6.45) is 0.542. The van der Waals surface area contributed by atoms with Crippen LogP contribution in [0.25, 0.3) is 0 Å². The zero-order chi connectivity index (χ0) is 14.6. The van der Waals surface area contributed by atoms with Crippen LogP contribution in [0.3, 0.4) is 0 Å². The molecule has 0 aliphatic heterocycles. The van der Waals surface area contributed by atoms with Crippen LogP contribution in [0.4, 0.5) is 0 Å². The number of carbonyl (C=O) groups excluding carboxylic acids is 1. The lowest BCUT2D eigenvalue weighted by Gasteiger charge is -2.15. The second-order valence-corrected chi connectivity index (χ2v) is 5.17. The Bertz CT molecular complexity index is 466. The van der Waals surface area contributed by atoms with Crippen LogP contribution >= 0.6 is 0 Å². The van der Waals surface area contributed by atoms with Crippen LogP contribution in [-0.2, 0) is 11.8 Å². The van der Waals surface area contributed by atoms with Gasteiger partial charge in [-0.05, 0) is 25.3 Å². The van der Waals surface area contributed by atoms with Gasteiger partial charge in [-0.2, -0.15) is 5.10 Å². The number of carboxylic acid groups (broad SMARTS) is 1. The first-order chi connectivity index (χ1) is 8.81. The third kappa shape index (κ3) is 4.39. The van der Waals surface area contributed by atoms with Crippen molar-refractivity contribution in [3.8, 4) is 0 Å². The molecule has 2 N–H and O–H groups in total. The van der Waals surface area contributed by atoms with E-state index in [9.17, 15) is 9.59 Å². The molecule has 1 heterocycles. The summed E-state index contributed by atoms with van der Waals surface area (Å²) in [5.41, 5.74) is 1.19. The molecule has 1 aromatic heterocycles. The van der Waals surface area contributed by atoms with Crippen molar-refractivity contribution in [2.24, 2.45) is 18.9 Å². The van der Waals surface area contributed by atoms with Crippen LogP contribution in [0.1, 0.15) is 36.5 Å². The number of hydrogen-bond acceptors (Lipinski definition) is 3. The minimum absolute atomic E-state index is 0.135. The van der Waals surface area contributed by atoms with Crippen molar-refractivity contribution >= 4 is 11.9 Å². The number of aryl methyl sites for hydroxylation is 2. The average molecular weight is 267 g/mol. The van der Waals surface area contributed by atoms with Gasteiger partial charge in [0.2, 0.25) is 0 Å². The Hall–Kier alpha value is -1.85. The van der Waals surface area contributed by atoms with E-state index in [4.69, 9.17) is 5.11 Å². The fourth-order valence-corrected chi connectivity index (χ4v) is 1.97. The number of carboxylic acids is 1. The van der Waals surface area contributed by atoms with Crippen LogP contribution in [-0.4, -0.2) is 33.3 Å². The van der Waals surface area contributed by atoms with E-state index in [-0.39, 0.29) is 18.4 Å². The summed E-state index contributed by atoms with van der Waals surface area (Å²) < 4.78 is 1.49. The minimum Gasteiger partial charge on any atom is -0.481 e. The highest BCUT2D eigenvalue weighted by Gasteiger charge is 2.20. The molecule has 1 rings (SSSR count). The van der Waals surface area contributed by atoms with Gasteiger partial charge in [-0.3, -0.25) is 14.3 Å². The molecule has 0 fully saturated rings. The Kier molecular flexibility index (Phi) is 5.09. The molecule has 0 saturated heterocycles. The third-order valence-corrected chi connectivity index (χ3v) is 2.85. The van der Waals surface area contributed by atoms with Crippen molar-refractivity contribution in [1.82, 2.24) is 15.1 Å². The largest absolute Gasteiger partial charge is 0.481 e. The second kappa shape index (κ2) is 6.36. The molecular formula is C13H21N3O3. The fourth-order valence-electron chi connectivity index (χ4n) is 1.97. The van der Waals surface area contributed by atoms with E-state index in [1.54, 1.807) is 20.0 Å². The number of nitrogens with one attached hydrogen (secondary N) is 1. The normalized spacial score (nSPS) is 12.5. The van der Waals surface area contributed by atoms with E-state index in [0.29, 0.717) is 12.1 Å². The molecule has 0 bridgehead atoms. The van der Waals surface area contributed by atoms with E-state index >= 15 is 0 Å². The number of hydrogen-bond donors (Lipinski definition) is 2. The molecule has 0 aromatic carbocycles. The van der Waals surface area contributed by atoms with Gasteiger partial charge in [-0.15, -0.1) is 0 Å². The quantitative estimate of drug-likeness (QED) is 0.811. The molecule has 1 aromatic rings. The van der Waals surface area contributed by atoms with Crippen LogP contribution in [0.2, 0.25) is 0 Å². The van der Waals surface area contributed by atoms with Gasteiger partial charge >= 0.3 is 5.97 Å². The number of aromatic nitrogens is 2. The minimum atomic E-state index is -0.879. The first kappa shape index (κ1) is 15.2. The SMILES string of the molecule is Cc1cc(C(=O)NCC(CC(C)C)C(=O)O)n(C)n1. The Morgan fingerprint density at radius 1 is 1.47 bits per heavy atom. The lowest BCUT2D eigenvalue weighted by molar-refractivity contribution is -0.142. The highest BCUT2D eigenvalue weighted by molar-refractivity contribution is 5.92. The van der Waals surface area contributed by atoms with E-state index in [2.05, 4.69) is 10.4 Å². The second-order valence-electron chi connectivity index (χ2n) is 5.17. The molecule has 1 atom stereocenters. The van der Waals surface area contributed by atoms with Gasteiger partial charge in [0.25, 0.3) is 5.91 Å². The number of rotatable bonds is 6. The maximum Gasteiger partial charge on any atom is 0.308 e. The van der Waals surface area contributed by atoms with Crippen molar-refractivity contribution in [2.45, 2.75) is 27.2 Å². The zero-order valence-electron chi connectivity index (χ0n) is 11.8. The lowest BCUT2D eigenvalue weighted by atomic mass is 9.97. The van der Waals surface area contributed by atoms with Crippen molar-refractivity contribution in [1.29, 1.82) is 0 Å². The number of amides is 1. The molecule has 0 radical (unpaired) electrons. The highest BCUT2D eigenvalue weighted by Crippen LogP contribution is 2.11. The number of aliphatic carboxylic acids is 1. The van der Waals surface area contributed by atoms with Crippen molar-refractivity contribution in [3.63, 3.8) is 0 Å². The van der Waals surface area contributed by atoms with Crippen LogP contribution < -0.4 is 5.32 Å². The molecule has 19 heavy (non-hydrogen) atoms. The Morgan fingerprint density at radius 3 is 2.53 bits per heavy atom. The highest BCUT2D eigenvalue weighted by atomic mass is 16.4. The summed E-state index contributed by atoms with van der Waals surface area (Å²) in [6.45, 7) is 5.86. The van der Waals surface area contributed by atoms with Gasteiger partial charge in [0.15, 0.2) is 0 Å². The van der Waals surface area contributed by atoms with Gasteiger partial charge in [-0.25, -0.2) is 0 Å². The molecule has 0 saturated carbocycles. The zero-order valence-corrected chi connectivity index (χ0v) is 11.8. The summed E-state index contributed by atoms with van der Waals surface area (Å²) in [4.78, 5) is 23.0. The topological polar surface area (TPSA) is 84.2 Å². The van der Waals surface area contributed by atoms with E-state index in [1.807, 2.05) is 13.8 Å². The number of carbonyl (C=O) groups is 2. The average Bonchev–Trinajstić information content (AvgIpc) is 2.62. The molecule has 1 unspecified atom stereocenters. The van der Waals surface area contributed by atoms with Gasteiger partial charge in [0.1, 0.15) is 5.69 Å². The van der Waals surface area contributed by atoms with Crippen molar-refractivity contribution in [2.75, 3.05) is 6.54 Å². The molecule has 6 heteroatoms. The number of nitrogens with zero attached hydrogens (tertiary/aromatic N) is 2. The van der Waals surface area contributed by atoms with Gasteiger partial charge in [-0.1, -0.05) is 13.8 Å². The Labute approximate surface area is 112 Å². The van der Waals surface area contributed by atoms with Crippen LogP contribution in [0.15, 0.2) is 6.07 Å². The summed E-state index contributed by atoms with van der Waals surface area (Å²) in [5.74, 6) is -1.46. The van der Waals surface area contributed by atoms with E-state index in [0.717, 1.165) is 5.69 Å². The molecule has 6 nitrogen and oxygen atoms in total. The molecule has 0 aliphatic rings. The molecule has 0 spiro atoms. The van der Waals surface area contributed by atoms with E-state index < -0.39 is 11.9 Å².